The number of nitrogens with zero attached hydrogens (tertiary/aromatic N) is 1. The highest BCUT2D eigenvalue weighted by Gasteiger charge is 2.19. The lowest BCUT2D eigenvalue weighted by Gasteiger charge is -2.16. The van der Waals surface area contributed by atoms with E-state index in [2.05, 4.69) is 30.3 Å². The molecule has 1 fully saturated rings. The second-order valence-electron chi connectivity index (χ2n) is 5.21. The second kappa shape index (κ2) is 5.67. The van der Waals surface area contributed by atoms with Gasteiger partial charge in [0, 0.05) is 24.3 Å². The maximum atomic E-state index is 5.75. The summed E-state index contributed by atoms with van der Waals surface area (Å²) >= 11 is 5.09. The van der Waals surface area contributed by atoms with Crippen molar-refractivity contribution in [2.75, 3.05) is 32.0 Å². The molecule has 0 amide bonds. The number of hydrogen-bond donors (Lipinski definition) is 2. The molecule has 1 aromatic rings. The molecular weight excluding hydrogens is 242 g/mol. The standard InChI is InChI=1S/C14H21N3S/c1-10-3-4-12(14(15)18)13(7-10)16-8-11-5-6-17(2)9-11/h3-4,7,11,16H,5-6,8-9H2,1-2H3,(H2,15,18). The number of nitrogens with two attached hydrogens (primary N) is 1. The summed E-state index contributed by atoms with van der Waals surface area (Å²) in [7, 11) is 2.17. The Labute approximate surface area is 114 Å². The van der Waals surface area contributed by atoms with Gasteiger partial charge in [-0.25, -0.2) is 0 Å². The van der Waals surface area contributed by atoms with Crippen LogP contribution in [0, 0.1) is 12.8 Å². The van der Waals surface area contributed by atoms with Gasteiger partial charge in [-0.1, -0.05) is 18.3 Å². The fraction of sp³-hybridized carbons (Fsp3) is 0.500. The van der Waals surface area contributed by atoms with Gasteiger partial charge in [0.1, 0.15) is 4.99 Å². The van der Waals surface area contributed by atoms with E-state index in [0.29, 0.717) is 4.99 Å². The van der Waals surface area contributed by atoms with Crippen molar-refractivity contribution in [2.24, 2.45) is 11.7 Å². The Balaban J connectivity index is 2.04. The first kappa shape index (κ1) is 13.3. The predicted molar refractivity (Wildman–Crippen MR) is 81.2 cm³/mol. The second-order valence-corrected chi connectivity index (χ2v) is 5.65. The van der Waals surface area contributed by atoms with E-state index in [-0.39, 0.29) is 0 Å². The molecule has 0 saturated carbocycles. The minimum Gasteiger partial charge on any atom is -0.389 e. The first-order valence-electron chi connectivity index (χ1n) is 6.39. The van der Waals surface area contributed by atoms with Gasteiger partial charge < -0.3 is 16.0 Å². The largest absolute Gasteiger partial charge is 0.389 e. The van der Waals surface area contributed by atoms with Crippen LogP contribution in [0.3, 0.4) is 0 Å². The smallest absolute Gasteiger partial charge is 0.106 e. The molecule has 0 spiro atoms. The summed E-state index contributed by atoms with van der Waals surface area (Å²) in [5.74, 6) is 0.717. The van der Waals surface area contributed by atoms with Gasteiger partial charge in [-0.3, -0.25) is 0 Å². The molecule has 18 heavy (non-hydrogen) atoms. The Kier molecular flexibility index (Phi) is 4.19. The molecule has 0 aromatic heterocycles. The zero-order valence-corrected chi connectivity index (χ0v) is 11.9. The highest BCUT2D eigenvalue weighted by Crippen LogP contribution is 2.20. The molecule has 0 bridgehead atoms. The quantitative estimate of drug-likeness (QED) is 0.815. The topological polar surface area (TPSA) is 41.3 Å². The number of rotatable bonds is 4. The van der Waals surface area contributed by atoms with E-state index in [1.54, 1.807) is 0 Å². The highest BCUT2D eigenvalue weighted by molar-refractivity contribution is 7.80. The number of anilines is 1. The van der Waals surface area contributed by atoms with Crippen molar-refractivity contribution in [1.29, 1.82) is 0 Å². The lowest BCUT2D eigenvalue weighted by Crippen LogP contribution is -2.20. The minimum absolute atomic E-state index is 0.459. The summed E-state index contributed by atoms with van der Waals surface area (Å²) in [5, 5.41) is 3.50. The number of thiocarbonyl (C=S) groups is 1. The van der Waals surface area contributed by atoms with Gasteiger partial charge in [-0.15, -0.1) is 0 Å². The van der Waals surface area contributed by atoms with Crippen molar-refractivity contribution in [3.8, 4) is 0 Å². The maximum absolute atomic E-state index is 5.75. The van der Waals surface area contributed by atoms with Crippen LogP contribution in [0.2, 0.25) is 0 Å². The SMILES string of the molecule is Cc1ccc(C(N)=S)c(NCC2CCN(C)C2)c1. The van der Waals surface area contributed by atoms with Crippen molar-refractivity contribution in [3.05, 3.63) is 29.3 Å². The van der Waals surface area contributed by atoms with E-state index in [9.17, 15) is 0 Å². The fourth-order valence-corrected chi connectivity index (χ4v) is 2.64. The molecule has 98 valence electrons. The van der Waals surface area contributed by atoms with E-state index >= 15 is 0 Å². The molecule has 1 saturated heterocycles. The Morgan fingerprint density at radius 1 is 1.56 bits per heavy atom. The fourth-order valence-electron chi connectivity index (χ4n) is 2.47. The summed E-state index contributed by atoms with van der Waals surface area (Å²) in [5.41, 5.74) is 8.99. The molecule has 1 unspecified atom stereocenters. The molecule has 1 atom stereocenters. The van der Waals surface area contributed by atoms with Crippen molar-refractivity contribution in [1.82, 2.24) is 4.90 Å². The van der Waals surface area contributed by atoms with Crippen LogP contribution < -0.4 is 11.1 Å². The monoisotopic (exact) mass is 263 g/mol. The minimum atomic E-state index is 0.459. The van der Waals surface area contributed by atoms with Gasteiger partial charge in [-0.2, -0.15) is 0 Å². The molecule has 2 rings (SSSR count). The third-order valence-corrected chi connectivity index (χ3v) is 3.73. The molecule has 1 aromatic carbocycles. The Morgan fingerprint density at radius 3 is 2.94 bits per heavy atom. The number of aryl methyl sites for hydroxylation is 1. The van der Waals surface area contributed by atoms with Crippen LogP contribution in [0.15, 0.2) is 18.2 Å². The van der Waals surface area contributed by atoms with Crippen molar-refractivity contribution in [3.63, 3.8) is 0 Å². The zero-order valence-electron chi connectivity index (χ0n) is 11.1. The first-order chi connectivity index (χ1) is 8.56. The molecule has 1 aliphatic rings. The van der Waals surface area contributed by atoms with Crippen molar-refractivity contribution in [2.45, 2.75) is 13.3 Å². The van der Waals surface area contributed by atoms with Crippen LogP contribution in [0.4, 0.5) is 5.69 Å². The van der Waals surface area contributed by atoms with Gasteiger partial charge in [0.25, 0.3) is 0 Å². The first-order valence-corrected chi connectivity index (χ1v) is 6.80. The summed E-state index contributed by atoms with van der Waals surface area (Å²) in [6.07, 6.45) is 1.26. The van der Waals surface area contributed by atoms with Crippen LogP contribution >= 0.6 is 12.2 Å². The number of benzene rings is 1. The Bertz CT molecular complexity index is 445. The maximum Gasteiger partial charge on any atom is 0.106 e. The third-order valence-electron chi connectivity index (χ3n) is 3.51. The van der Waals surface area contributed by atoms with E-state index in [1.807, 2.05) is 12.1 Å². The summed E-state index contributed by atoms with van der Waals surface area (Å²) in [6, 6.07) is 6.16. The number of nitrogens with one attached hydrogen (secondary N) is 1. The molecular formula is C14H21N3S. The molecule has 3 N–H and O–H groups in total. The summed E-state index contributed by atoms with van der Waals surface area (Å²) in [4.78, 5) is 2.83. The zero-order chi connectivity index (χ0) is 13.1. The normalized spacial score (nSPS) is 20.0. The average molecular weight is 263 g/mol. The molecule has 3 nitrogen and oxygen atoms in total. The van der Waals surface area contributed by atoms with Crippen LogP contribution in [0.25, 0.3) is 0 Å². The highest BCUT2D eigenvalue weighted by atomic mass is 32.1. The van der Waals surface area contributed by atoms with Crippen LogP contribution in [0.5, 0.6) is 0 Å². The average Bonchev–Trinajstić information content (AvgIpc) is 2.72. The van der Waals surface area contributed by atoms with Crippen LogP contribution in [-0.4, -0.2) is 36.6 Å². The molecule has 4 heteroatoms. The van der Waals surface area contributed by atoms with Crippen LogP contribution in [-0.2, 0) is 0 Å². The van der Waals surface area contributed by atoms with Crippen LogP contribution in [0.1, 0.15) is 17.5 Å². The van der Waals surface area contributed by atoms with Gasteiger partial charge in [0.2, 0.25) is 0 Å². The molecule has 1 heterocycles. The van der Waals surface area contributed by atoms with Crippen molar-refractivity contribution >= 4 is 22.9 Å². The van der Waals surface area contributed by atoms with Gasteiger partial charge in [0.15, 0.2) is 0 Å². The summed E-state index contributed by atoms with van der Waals surface area (Å²) < 4.78 is 0. The van der Waals surface area contributed by atoms with Gasteiger partial charge >= 0.3 is 0 Å². The number of hydrogen-bond acceptors (Lipinski definition) is 3. The Hall–Kier alpha value is -1.13. The van der Waals surface area contributed by atoms with E-state index in [4.69, 9.17) is 18.0 Å². The Morgan fingerprint density at radius 2 is 2.33 bits per heavy atom. The third kappa shape index (κ3) is 3.21. The molecule has 0 aliphatic carbocycles. The number of likely N-dealkylation sites (tertiary alicyclic amines) is 1. The summed E-state index contributed by atoms with van der Waals surface area (Å²) in [6.45, 7) is 5.44. The van der Waals surface area contributed by atoms with E-state index in [0.717, 1.165) is 23.7 Å². The molecule has 0 radical (unpaired) electrons. The van der Waals surface area contributed by atoms with E-state index in [1.165, 1.54) is 25.1 Å². The van der Waals surface area contributed by atoms with Gasteiger partial charge in [0.05, 0.1) is 0 Å². The van der Waals surface area contributed by atoms with E-state index < -0.39 is 0 Å². The van der Waals surface area contributed by atoms with Crippen molar-refractivity contribution < 1.29 is 0 Å². The predicted octanol–water partition coefficient (Wildman–Crippen LogP) is 1.99. The lowest BCUT2D eigenvalue weighted by molar-refractivity contribution is 0.399. The van der Waals surface area contributed by atoms with Gasteiger partial charge in [-0.05, 0) is 50.6 Å². The lowest BCUT2D eigenvalue weighted by atomic mass is 10.1. The molecule has 1 aliphatic heterocycles.